The number of alkyl halides is 1. The Morgan fingerprint density at radius 1 is 1.11 bits per heavy atom. The molecule has 9 heteroatoms. The lowest BCUT2D eigenvalue weighted by atomic mass is 10.1. The molecule has 4 heterocycles. The number of aromatic nitrogens is 7. The van der Waals surface area contributed by atoms with Crippen molar-refractivity contribution in [1.82, 2.24) is 34.1 Å². The predicted molar refractivity (Wildman–Crippen MR) is 94.3 cm³/mol. The largest absolute Gasteiger partial charge is 0.324 e. The van der Waals surface area contributed by atoms with Crippen molar-refractivity contribution in [3.05, 3.63) is 59.9 Å². The van der Waals surface area contributed by atoms with Crippen molar-refractivity contribution in [2.24, 2.45) is 0 Å². The minimum Gasteiger partial charge on any atom is -0.324 e. The first-order chi connectivity index (χ1) is 13.2. The Balaban J connectivity index is 1.77. The number of hydrogen-bond acceptors (Lipinski definition) is 5. The van der Waals surface area contributed by atoms with Crippen LogP contribution < -0.4 is 0 Å². The molecule has 0 aliphatic rings. The maximum Gasteiger partial charge on any atom is 0.167 e. The van der Waals surface area contributed by atoms with Crippen molar-refractivity contribution in [1.29, 1.82) is 0 Å². The van der Waals surface area contributed by atoms with E-state index < -0.39 is 12.5 Å². The van der Waals surface area contributed by atoms with E-state index in [-0.39, 0.29) is 5.69 Å². The van der Waals surface area contributed by atoms with Crippen molar-refractivity contribution in [2.45, 2.75) is 26.3 Å². The van der Waals surface area contributed by atoms with Gasteiger partial charge in [-0.1, -0.05) is 0 Å². The zero-order chi connectivity index (χ0) is 18.8. The molecule has 0 unspecified atom stereocenters. The highest BCUT2D eigenvalue weighted by Crippen LogP contribution is 2.22. The molecule has 0 spiro atoms. The van der Waals surface area contributed by atoms with Crippen molar-refractivity contribution < 1.29 is 8.78 Å². The van der Waals surface area contributed by atoms with Crippen LogP contribution >= 0.6 is 0 Å². The van der Waals surface area contributed by atoms with Crippen LogP contribution in [-0.4, -0.2) is 40.8 Å². The minimum absolute atomic E-state index is 0.173. The van der Waals surface area contributed by atoms with Gasteiger partial charge in [0.25, 0.3) is 0 Å². The van der Waals surface area contributed by atoms with Crippen LogP contribution in [0, 0.1) is 12.7 Å². The molecule has 0 saturated carbocycles. The second kappa shape index (κ2) is 7.18. The number of imidazole rings is 1. The second-order valence-electron chi connectivity index (χ2n) is 6.12. The summed E-state index contributed by atoms with van der Waals surface area (Å²) in [7, 11) is 0. The molecule has 0 amide bonds. The van der Waals surface area contributed by atoms with Crippen LogP contribution in [0.5, 0.6) is 0 Å². The zero-order valence-corrected chi connectivity index (χ0v) is 14.7. The Morgan fingerprint density at radius 3 is 2.81 bits per heavy atom. The molecule has 4 aromatic heterocycles. The highest BCUT2D eigenvalue weighted by Gasteiger charge is 2.17. The van der Waals surface area contributed by atoms with Crippen LogP contribution in [0.1, 0.15) is 23.5 Å². The van der Waals surface area contributed by atoms with Crippen LogP contribution in [0.2, 0.25) is 0 Å². The van der Waals surface area contributed by atoms with Crippen molar-refractivity contribution in [3.8, 4) is 11.5 Å². The summed E-state index contributed by atoms with van der Waals surface area (Å²) in [5.41, 5.74) is 2.39. The van der Waals surface area contributed by atoms with Gasteiger partial charge >= 0.3 is 0 Å². The molecule has 0 aliphatic heterocycles. The third kappa shape index (κ3) is 3.16. The number of hydrogen-bond donors (Lipinski definition) is 0. The van der Waals surface area contributed by atoms with E-state index in [1.54, 1.807) is 27.7 Å². The lowest BCUT2D eigenvalue weighted by Gasteiger charge is -2.12. The molecule has 0 saturated heterocycles. The van der Waals surface area contributed by atoms with Gasteiger partial charge in [0.05, 0.1) is 18.9 Å². The molecule has 138 valence electrons. The number of rotatable bonds is 6. The second-order valence-corrected chi connectivity index (χ2v) is 6.12. The standard InChI is InChI=1S/C18H17F2N7/c1-12-24-25-17-13(4-2-6-19)15(23-11-27(12)17)10-26-9-8-22-18(26)16-14(20)5-3-7-21-16/h3,5,7-9,11H,2,4,6,10H2,1H3. The molecule has 0 aromatic carbocycles. The highest BCUT2D eigenvalue weighted by molar-refractivity contribution is 5.52. The first-order valence-corrected chi connectivity index (χ1v) is 8.55. The topological polar surface area (TPSA) is 73.8 Å². The fraction of sp³-hybridized carbons (Fsp3) is 0.278. The predicted octanol–water partition coefficient (Wildman–Crippen LogP) is 2.78. The lowest BCUT2D eigenvalue weighted by molar-refractivity contribution is 0.472. The summed E-state index contributed by atoms with van der Waals surface area (Å²) in [5, 5.41) is 8.29. The van der Waals surface area contributed by atoms with Gasteiger partial charge in [-0.2, -0.15) is 0 Å². The van der Waals surface area contributed by atoms with Crippen molar-refractivity contribution in [2.75, 3.05) is 6.67 Å². The molecular weight excluding hydrogens is 352 g/mol. The number of nitrogens with zero attached hydrogens (tertiary/aromatic N) is 7. The molecule has 0 aliphatic carbocycles. The van der Waals surface area contributed by atoms with Crippen LogP contribution in [-0.2, 0) is 13.0 Å². The van der Waals surface area contributed by atoms with Gasteiger partial charge in [-0.15, -0.1) is 10.2 Å². The molecule has 27 heavy (non-hydrogen) atoms. The molecule has 0 radical (unpaired) electrons. The van der Waals surface area contributed by atoms with Gasteiger partial charge in [0.15, 0.2) is 17.3 Å². The molecule has 0 bridgehead atoms. The average Bonchev–Trinajstić information content (AvgIpc) is 3.28. The summed E-state index contributed by atoms with van der Waals surface area (Å²) in [6, 6.07) is 2.88. The number of pyridine rings is 1. The summed E-state index contributed by atoms with van der Waals surface area (Å²) in [5.74, 6) is 0.674. The van der Waals surface area contributed by atoms with Gasteiger partial charge in [0.2, 0.25) is 0 Å². The molecule has 0 fully saturated rings. The van der Waals surface area contributed by atoms with Crippen molar-refractivity contribution >= 4 is 5.65 Å². The van der Waals surface area contributed by atoms with E-state index in [0.29, 0.717) is 36.7 Å². The number of aryl methyl sites for hydroxylation is 2. The summed E-state index contributed by atoms with van der Waals surface area (Å²) in [6.45, 7) is 1.75. The van der Waals surface area contributed by atoms with E-state index in [9.17, 15) is 8.78 Å². The minimum atomic E-state index is -0.445. The summed E-state index contributed by atoms with van der Waals surface area (Å²) in [4.78, 5) is 12.9. The smallest absolute Gasteiger partial charge is 0.167 e. The van der Waals surface area contributed by atoms with Gasteiger partial charge in [0.1, 0.15) is 17.8 Å². The van der Waals surface area contributed by atoms with Crippen LogP contribution in [0.3, 0.4) is 0 Å². The third-order valence-corrected chi connectivity index (χ3v) is 4.38. The van der Waals surface area contributed by atoms with Gasteiger partial charge in [-0.05, 0) is 31.9 Å². The van der Waals surface area contributed by atoms with E-state index in [1.807, 2.05) is 6.92 Å². The van der Waals surface area contributed by atoms with E-state index in [2.05, 4.69) is 25.1 Å². The Bertz CT molecular complexity index is 1090. The number of halogens is 2. The fourth-order valence-corrected chi connectivity index (χ4v) is 3.05. The highest BCUT2D eigenvalue weighted by atomic mass is 19.1. The van der Waals surface area contributed by atoms with E-state index in [0.717, 1.165) is 11.3 Å². The Labute approximate surface area is 153 Å². The summed E-state index contributed by atoms with van der Waals surface area (Å²) >= 11 is 0. The third-order valence-electron chi connectivity index (χ3n) is 4.38. The molecule has 0 atom stereocenters. The van der Waals surface area contributed by atoms with Crippen molar-refractivity contribution in [3.63, 3.8) is 0 Å². The van der Waals surface area contributed by atoms with Gasteiger partial charge in [-0.25, -0.2) is 19.3 Å². The average molecular weight is 369 g/mol. The van der Waals surface area contributed by atoms with E-state index in [4.69, 9.17) is 0 Å². The van der Waals surface area contributed by atoms with E-state index in [1.165, 1.54) is 18.3 Å². The van der Waals surface area contributed by atoms with Crippen LogP contribution in [0.25, 0.3) is 17.2 Å². The molecule has 4 rings (SSSR count). The fourth-order valence-electron chi connectivity index (χ4n) is 3.05. The summed E-state index contributed by atoms with van der Waals surface area (Å²) in [6.07, 6.45) is 7.35. The maximum atomic E-state index is 14.1. The Morgan fingerprint density at radius 2 is 2.00 bits per heavy atom. The monoisotopic (exact) mass is 369 g/mol. The van der Waals surface area contributed by atoms with Gasteiger partial charge in [0, 0.05) is 24.2 Å². The number of fused-ring (bicyclic) bond motifs is 1. The summed E-state index contributed by atoms with van der Waals surface area (Å²) < 4.78 is 30.5. The molecule has 0 N–H and O–H groups in total. The molecule has 7 nitrogen and oxygen atoms in total. The van der Waals surface area contributed by atoms with Gasteiger partial charge in [-0.3, -0.25) is 8.79 Å². The first kappa shape index (κ1) is 17.2. The lowest BCUT2D eigenvalue weighted by Crippen LogP contribution is -2.10. The van der Waals surface area contributed by atoms with Crippen LogP contribution in [0.15, 0.2) is 37.1 Å². The normalized spacial score (nSPS) is 11.4. The zero-order valence-electron chi connectivity index (χ0n) is 14.7. The Hall–Kier alpha value is -3.23. The molecule has 4 aromatic rings. The SMILES string of the molecule is Cc1nnc2c(CCCF)c(Cn3ccnc3-c3ncccc3F)ncn12. The molecular formula is C18H17F2N7. The first-order valence-electron chi connectivity index (χ1n) is 8.55. The maximum absolute atomic E-state index is 14.1. The quantitative estimate of drug-likeness (QED) is 0.522. The van der Waals surface area contributed by atoms with E-state index >= 15 is 0 Å². The Kier molecular flexibility index (Phi) is 4.57. The van der Waals surface area contributed by atoms with Crippen LogP contribution in [0.4, 0.5) is 8.78 Å². The van der Waals surface area contributed by atoms with Gasteiger partial charge < -0.3 is 4.57 Å².